The third kappa shape index (κ3) is 2.33. The van der Waals surface area contributed by atoms with Gasteiger partial charge in [0.1, 0.15) is 6.04 Å². The highest BCUT2D eigenvalue weighted by molar-refractivity contribution is 5.77. The molecule has 1 fully saturated rings. The van der Waals surface area contributed by atoms with Crippen LogP contribution in [-0.4, -0.2) is 29.8 Å². The largest absolute Gasteiger partial charge is 0.408 e. The van der Waals surface area contributed by atoms with E-state index in [1.54, 1.807) is 0 Å². The Morgan fingerprint density at radius 2 is 2.15 bits per heavy atom. The Morgan fingerprint density at radius 1 is 1.54 bits per heavy atom. The van der Waals surface area contributed by atoms with Gasteiger partial charge in [-0.2, -0.15) is 13.2 Å². The van der Waals surface area contributed by atoms with Crippen molar-refractivity contribution in [3.8, 4) is 0 Å². The van der Waals surface area contributed by atoms with E-state index >= 15 is 0 Å². The van der Waals surface area contributed by atoms with Gasteiger partial charge in [0.2, 0.25) is 5.91 Å². The van der Waals surface area contributed by atoms with Crippen molar-refractivity contribution in [3.05, 3.63) is 0 Å². The van der Waals surface area contributed by atoms with Gasteiger partial charge in [-0.05, 0) is 6.42 Å². The Kier molecular flexibility index (Phi) is 2.80. The van der Waals surface area contributed by atoms with Crippen LogP contribution in [0.5, 0.6) is 0 Å². The van der Waals surface area contributed by atoms with Gasteiger partial charge in [-0.25, -0.2) is 0 Å². The van der Waals surface area contributed by atoms with Gasteiger partial charge < -0.3 is 10.4 Å². The van der Waals surface area contributed by atoms with Crippen molar-refractivity contribution in [3.63, 3.8) is 0 Å². The molecule has 1 saturated heterocycles. The van der Waals surface area contributed by atoms with Crippen molar-refractivity contribution in [2.24, 2.45) is 5.92 Å². The lowest BCUT2D eigenvalue weighted by Gasteiger charge is -2.32. The topological polar surface area (TPSA) is 49.3 Å². The standard InChI is InChI=1S/C7H10F3NO2/c8-7(9,10)6-4(3-12)1-2-5(13)11-6/h4,6,12H,1-3H2,(H,11,13). The van der Waals surface area contributed by atoms with Crippen LogP contribution in [0.3, 0.4) is 0 Å². The summed E-state index contributed by atoms with van der Waals surface area (Å²) in [6.07, 6.45) is -4.33. The Hall–Kier alpha value is -0.780. The Balaban J connectivity index is 2.71. The predicted molar refractivity (Wildman–Crippen MR) is 37.8 cm³/mol. The lowest BCUT2D eigenvalue weighted by Crippen LogP contribution is -2.54. The van der Waals surface area contributed by atoms with Crippen LogP contribution < -0.4 is 5.32 Å². The van der Waals surface area contributed by atoms with E-state index in [1.165, 1.54) is 0 Å². The van der Waals surface area contributed by atoms with Gasteiger partial charge in [0.25, 0.3) is 0 Å². The minimum absolute atomic E-state index is 0.0534. The van der Waals surface area contributed by atoms with E-state index in [0.717, 1.165) is 0 Å². The molecule has 0 aromatic rings. The van der Waals surface area contributed by atoms with Crippen LogP contribution in [0.4, 0.5) is 13.2 Å². The number of carbonyl (C=O) groups excluding carboxylic acids is 1. The molecule has 1 heterocycles. The van der Waals surface area contributed by atoms with E-state index in [0.29, 0.717) is 0 Å². The van der Waals surface area contributed by atoms with Crippen molar-refractivity contribution >= 4 is 5.91 Å². The maximum absolute atomic E-state index is 12.2. The molecule has 76 valence electrons. The number of hydrogen-bond acceptors (Lipinski definition) is 2. The molecular formula is C7H10F3NO2. The second-order valence-electron chi connectivity index (χ2n) is 3.07. The van der Waals surface area contributed by atoms with E-state index in [4.69, 9.17) is 5.11 Å². The molecule has 0 radical (unpaired) electrons. The zero-order valence-corrected chi connectivity index (χ0v) is 6.77. The van der Waals surface area contributed by atoms with Gasteiger partial charge in [-0.15, -0.1) is 0 Å². The van der Waals surface area contributed by atoms with Gasteiger partial charge >= 0.3 is 6.18 Å². The third-order valence-corrected chi connectivity index (χ3v) is 2.12. The van der Waals surface area contributed by atoms with E-state index in [9.17, 15) is 18.0 Å². The summed E-state index contributed by atoms with van der Waals surface area (Å²) in [5.41, 5.74) is 0. The zero-order chi connectivity index (χ0) is 10.1. The number of alkyl halides is 3. The maximum atomic E-state index is 12.2. The molecule has 0 aromatic carbocycles. The molecule has 1 rings (SSSR count). The SMILES string of the molecule is O=C1CCC(CO)C(C(F)(F)F)N1. The molecule has 0 aliphatic carbocycles. The summed E-state index contributed by atoms with van der Waals surface area (Å²) in [5, 5.41) is 10.5. The van der Waals surface area contributed by atoms with E-state index in [-0.39, 0.29) is 12.8 Å². The summed E-state index contributed by atoms with van der Waals surface area (Å²) in [4.78, 5) is 10.7. The quantitative estimate of drug-likeness (QED) is 0.640. The summed E-state index contributed by atoms with van der Waals surface area (Å²) >= 11 is 0. The molecule has 2 atom stereocenters. The number of nitrogens with one attached hydrogen (secondary N) is 1. The summed E-state index contributed by atoms with van der Waals surface area (Å²) in [6.45, 7) is -0.551. The molecule has 3 nitrogen and oxygen atoms in total. The molecule has 0 spiro atoms. The molecule has 0 aromatic heterocycles. The van der Waals surface area contributed by atoms with Crippen LogP contribution in [0.2, 0.25) is 0 Å². The first-order valence-electron chi connectivity index (χ1n) is 3.92. The second-order valence-corrected chi connectivity index (χ2v) is 3.07. The Morgan fingerprint density at radius 3 is 2.62 bits per heavy atom. The van der Waals surface area contributed by atoms with Crippen LogP contribution in [0.1, 0.15) is 12.8 Å². The third-order valence-electron chi connectivity index (χ3n) is 2.12. The first kappa shape index (κ1) is 10.3. The average molecular weight is 197 g/mol. The Bertz CT molecular complexity index is 204. The molecular weight excluding hydrogens is 187 g/mol. The number of carbonyl (C=O) groups is 1. The van der Waals surface area contributed by atoms with Crippen LogP contribution in [0.25, 0.3) is 0 Å². The van der Waals surface area contributed by atoms with Gasteiger partial charge in [-0.3, -0.25) is 4.79 Å². The minimum Gasteiger partial charge on any atom is -0.396 e. The van der Waals surface area contributed by atoms with E-state index < -0.39 is 30.7 Å². The van der Waals surface area contributed by atoms with E-state index in [2.05, 4.69) is 0 Å². The molecule has 2 unspecified atom stereocenters. The highest BCUT2D eigenvalue weighted by atomic mass is 19.4. The van der Waals surface area contributed by atoms with Crippen molar-refractivity contribution in [2.75, 3.05) is 6.61 Å². The fourth-order valence-corrected chi connectivity index (χ4v) is 1.39. The van der Waals surface area contributed by atoms with E-state index in [1.807, 2.05) is 5.32 Å². The fraction of sp³-hybridized carbons (Fsp3) is 0.857. The summed E-state index contributed by atoms with van der Waals surface area (Å²) in [6, 6.07) is -1.89. The Labute approximate surface area is 72.9 Å². The van der Waals surface area contributed by atoms with Crippen molar-refractivity contribution < 1.29 is 23.1 Å². The highest BCUT2D eigenvalue weighted by Gasteiger charge is 2.47. The smallest absolute Gasteiger partial charge is 0.396 e. The highest BCUT2D eigenvalue weighted by Crippen LogP contribution is 2.30. The van der Waals surface area contributed by atoms with Crippen LogP contribution in [-0.2, 0) is 4.79 Å². The molecule has 1 amide bonds. The lowest BCUT2D eigenvalue weighted by molar-refractivity contribution is -0.180. The number of halogens is 3. The van der Waals surface area contributed by atoms with Crippen molar-refractivity contribution in [2.45, 2.75) is 25.1 Å². The number of amides is 1. The number of aliphatic hydroxyl groups is 1. The minimum atomic E-state index is -4.47. The number of rotatable bonds is 1. The monoisotopic (exact) mass is 197 g/mol. The number of piperidine rings is 1. The zero-order valence-electron chi connectivity index (χ0n) is 6.77. The van der Waals surface area contributed by atoms with Gasteiger partial charge in [-0.1, -0.05) is 0 Å². The molecule has 1 aliphatic heterocycles. The van der Waals surface area contributed by atoms with Crippen molar-refractivity contribution in [1.82, 2.24) is 5.32 Å². The summed E-state index contributed by atoms with van der Waals surface area (Å²) in [5.74, 6) is -1.51. The summed E-state index contributed by atoms with van der Waals surface area (Å²) < 4.78 is 36.7. The molecule has 0 saturated carbocycles. The van der Waals surface area contributed by atoms with Gasteiger partial charge in [0.05, 0.1) is 0 Å². The van der Waals surface area contributed by atoms with Crippen LogP contribution in [0.15, 0.2) is 0 Å². The first-order chi connectivity index (χ1) is 5.95. The molecule has 13 heavy (non-hydrogen) atoms. The van der Waals surface area contributed by atoms with Crippen molar-refractivity contribution in [1.29, 1.82) is 0 Å². The second kappa shape index (κ2) is 3.53. The predicted octanol–water partition coefficient (Wildman–Crippen LogP) is 0.436. The molecule has 0 bridgehead atoms. The van der Waals surface area contributed by atoms with Crippen LogP contribution in [0, 0.1) is 5.92 Å². The molecule has 1 aliphatic rings. The number of hydrogen-bond donors (Lipinski definition) is 2. The number of aliphatic hydroxyl groups excluding tert-OH is 1. The molecule has 6 heteroatoms. The molecule has 2 N–H and O–H groups in total. The lowest BCUT2D eigenvalue weighted by atomic mass is 9.91. The normalized spacial score (nSPS) is 30.0. The summed E-state index contributed by atoms with van der Waals surface area (Å²) in [7, 11) is 0. The average Bonchev–Trinajstić information content (AvgIpc) is 2.03. The van der Waals surface area contributed by atoms with Gasteiger partial charge in [0, 0.05) is 18.9 Å². The van der Waals surface area contributed by atoms with Crippen LogP contribution >= 0.6 is 0 Å². The van der Waals surface area contributed by atoms with Gasteiger partial charge in [0.15, 0.2) is 0 Å². The maximum Gasteiger partial charge on any atom is 0.408 e. The fourth-order valence-electron chi connectivity index (χ4n) is 1.39. The first-order valence-corrected chi connectivity index (χ1v) is 3.92.